The molecule has 0 saturated heterocycles. The van der Waals surface area contributed by atoms with E-state index in [0.29, 0.717) is 6.42 Å². The van der Waals surface area contributed by atoms with Gasteiger partial charge in [0.05, 0.1) is 0 Å². The normalized spacial score (nSPS) is 11.8. The molecular formula is C14H17F2NO. The second-order valence-electron chi connectivity index (χ2n) is 3.69. The number of hydrogen-bond donors (Lipinski definition) is 1. The van der Waals surface area contributed by atoms with E-state index in [4.69, 9.17) is 0 Å². The fourth-order valence-electron chi connectivity index (χ4n) is 1.67. The predicted octanol–water partition coefficient (Wildman–Crippen LogP) is 3.35. The molecule has 0 aliphatic carbocycles. The molecule has 0 radical (unpaired) electrons. The minimum absolute atomic E-state index is 0.0312. The van der Waals surface area contributed by atoms with Gasteiger partial charge in [-0.05, 0) is 31.2 Å². The minimum atomic E-state index is -2.80. The Hall–Kier alpha value is -1.60. The highest BCUT2D eigenvalue weighted by atomic mass is 19.3. The summed E-state index contributed by atoms with van der Waals surface area (Å²) < 4.78 is 28.7. The van der Waals surface area contributed by atoms with E-state index in [0.717, 1.165) is 12.1 Å². The van der Waals surface area contributed by atoms with E-state index in [1.807, 2.05) is 13.0 Å². The van der Waals surface area contributed by atoms with Crippen LogP contribution < -0.4 is 10.1 Å². The van der Waals surface area contributed by atoms with Crippen LogP contribution in [0.5, 0.6) is 5.75 Å². The van der Waals surface area contributed by atoms with Crippen molar-refractivity contribution in [2.24, 2.45) is 0 Å². The fraction of sp³-hybridized carbons (Fsp3) is 0.429. The molecule has 1 atom stereocenters. The zero-order chi connectivity index (χ0) is 13.4. The zero-order valence-electron chi connectivity index (χ0n) is 10.5. The number of rotatable bonds is 6. The van der Waals surface area contributed by atoms with Gasteiger partial charge in [0.25, 0.3) is 0 Å². The minimum Gasteiger partial charge on any atom is -0.435 e. The molecule has 0 heterocycles. The molecule has 98 valence electrons. The Balaban J connectivity index is 2.85. The van der Waals surface area contributed by atoms with Crippen molar-refractivity contribution >= 4 is 0 Å². The Morgan fingerprint density at radius 1 is 1.39 bits per heavy atom. The fourth-order valence-corrected chi connectivity index (χ4v) is 1.67. The van der Waals surface area contributed by atoms with E-state index in [1.165, 1.54) is 6.07 Å². The van der Waals surface area contributed by atoms with E-state index < -0.39 is 6.61 Å². The van der Waals surface area contributed by atoms with E-state index in [9.17, 15) is 8.78 Å². The molecule has 1 unspecified atom stereocenters. The Bertz CT molecular complexity index is 423. The molecular weight excluding hydrogens is 236 g/mol. The van der Waals surface area contributed by atoms with Gasteiger partial charge < -0.3 is 10.1 Å². The maximum Gasteiger partial charge on any atom is 0.387 e. The maximum absolute atomic E-state index is 12.1. The van der Waals surface area contributed by atoms with Crippen molar-refractivity contribution in [2.75, 3.05) is 6.54 Å². The molecule has 0 bridgehead atoms. The van der Waals surface area contributed by atoms with Crippen LogP contribution in [-0.4, -0.2) is 13.2 Å². The lowest BCUT2D eigenvalue weighted by molar-refractivity contribution is -0.0499. The van der Waals surface area contributed by atoms with E-state index in [2.05, 4.69) is 21.9 Å². The van der Waals surface area contributed by atoms with Gasteiger partial charge in [-0.3, -0.25) is 0 Å². The van der Waals surface area contributed by atoms with Gasteiger partial charge in [0.15, 0.2) is 0 Å². The second-order valence-corrected chi connectivity index (χ2v) is 3.69. The quantitative estimate of drug-likeness (QED) is 0.785. The van der Waals surface area contributed by atoms with E-state index in [1.54, 1.807) is 19.1 Å². The summed E-state index contributed by atoms with van der Waals surface area (Å²) in [6.45, 7) is 1.76. The molecule has 1 aromatic rings. The largest absolute Gasteiger partial charge is 0.435 e. The van der Waals surface area contributed by atoms with Gasteiger partial charge in [-0.2, -0.15) is 8.78 Å². The average Bonchev–Trinajstić information content (AvgIpc) is 2.34. The lowest BCUT2D eigenvalue weighted by Gasteiger charge is -2.16. The zero-order valence-corrected chi connectivity index (χ0v) is 10.5. The Labute approximate surface area is 106 Å². The van der Waals surface area contributed by atoms with Crippen molar-refractivity contribution in [3.63, 3.8) is 0 Å². The third-order valence-corrected chi connectivity index (χ3v) is 2.42. The summed E-state index contributed by atoms with van der Waals surface area (Å²) in [5.74, 6) is 6.00. The third kappa shape index (κ3) is 4.72. The summed E-state index contributed by atoms with van der Waals surface area (Å²) in [5.41, 5.74) is 0.901. The molecule has 1 rings (SSSR count). The first-order valence-electron chi connectivity index (χ1n) is 5.85. The highest BCUT2D eigenvalue weighted by Gasteiger charge is 2.11. The van der Waals surface area contributed by atoms with Crippen LogP contribution in [0.25, 0.3) is 0 Å². The Morgan fingerprint density at radius 2 is 2.17 bits per heavy atom. The van der Waals surface area contributed by atoms with Crippen molar-refractivity contribution in [1.82, 2.24) is 5.32 Å². The van der Waals surface area contributed by atoms with Crippen LogP contribution in [0.15, 0.2) is 24.3 Å². The molecule has 2 nitrogen and oxygen atoms in total. The number of benzene rings is 1. The molecule has 0 aliphatic heterocycles. The van der Waals surface area contributed by atoms with Gasteiger partial charge in [0, 0.05) is 12.5 Å². The standard InChI is InChI=1S/C14H17F2NO/c1-3-5-9-13(17-4-2)11-7-6-8-12(10-11)18-14(15)16/h6-8,10,13-14,17H,4,9H2,1-2H3. The highest BCUT2D eigenvalue weighted by Crippen LogP contribution is 2.22. The van der Waals surface area contributed by atoms with Gasteiger partial charge in [-0.15, -0.1) is 11.8 Å². The summed E-state index contributed by atoms with van der Waals surface area (Å²) in [6.07, 6.45) is 0.641. The second kappa shape index (κ2) is 7.67. The van der Waals surface area contributed by atoms with Gasteiger partial charge >= 0.3 is 6.61 Å². The number of hydrogen-bond acceptors (Lipinski definition) is 2. The lowest BCUT2D eigenvalue weighted by Crippen LogP contribution is -2.20. The van der Waals surface area contributed by atoms with Crippen LogP contribution in [0, 0.1) is 11.8 Å². The number of halogens is 2. The van der Waals surface area contributed by atoms with Gasteiger partial charge in [0.2, 0.25) is 0 Å². The molecule has 1 N–H and O–H groups in total. The Morgan fingerprint density at radius 3 is 2.78 bits per heavy atom. The molecule has 0 aromatic heterocycles. The summed E-state index contributed by atoms with van der Waals surface area (Å²) in [7, 11) is 0. The molecule has 4 heteroatoms. The molecule has 0 fully saturated rings. The van der Waals surface area contributed by atoms with Crippen molar-refractivity contribution in [3.8, 4) is 17.6 Å². The molecule has 1 aromatic carbocycles. The van der Waals surface area contributed by atoms with Gasteiger partial charge in [0.1, 0.15) is 5.75 Å². The Kier molecular flexibility index (Phi) is 6.16. The summed E-state index contributed by atoms with van der Waals surface area (Å²) >= 11 is 0. The van der Waals surface area contributed by atoms with Crippen molar-refractivity contribution in [1.29, 1.82) is 0 Å². The van der Waals surface area contributed by atoms with Crippen molar-refractivity contribution < 1.29 is 13.5 Å². The van der Waals surface area contributed by atoms with Crippen LogP contribution in [0.2, 0.25) is 0 Å². The first-order chi connectivity index (χ1) is 8.67. The third-order valence-electron chi connectivity index (χ3n) is 2.42. The monoisotopic (exact) mass is 253 g/mol. The van der Waals surface area contributed by atoms with Crippen molar-refractivity contribution in [3.05, 3.63) is 29.8 Å². The van der Waals surface area contributed by atoms with Crippen LogP contribution in [0.4, 0.5) is 8.78 Å². The average molecular weight is 253 g/mol. The number of nitrogens with one attached hydrogen (secondary N) is 1. The van der Waals surface area contributed by atoms with E-state index in [-0.39, 0.29) is 11.8 Å². The van der Waals surface area contributed by atoms with Crippen LogP contribution in [0.3, 0.4) is 0 Å². The lowest BCUT2D eigenvalue weighted by atomic mass is 10.0. The first kappa shape index (κ1) is 14.5. The number of alkyl halides is 2. The van der Waals surface area contributed by atoms with Crippen LogP contribution in [0.1, 0.15) is 31.9 Å². The summed E-state index contributed by atoms with van der Waals surface area (Å²) in [6, 6.07) is 6.75. The highest BCUT2D eigenvalue weighted by molar-refractivity contribution is 5.31. The van der Waals surface area contributed by atoms with E-state index >= 15 is 0 Å². The molecule has 0 aliphatic rings. The maximum atomic E-state index is 12.1. The van der Waals surface area contributed by atoms with Gasteiger partial charge in [-0.25, -0.2) is 0 Å². The van der Waals surface area contributed by atoms with Crippen LogP contribution in [-0.2, 0) is 0 Å². The smallest absolute Gasteiger partial charge is 0.387 e. The number of ether oxygens (including phenoxy) is 1. The summed E-state index contributed by atoms with van der Waals surface area (Å²) in [5, 5.41) is 3.27. The SMILES string of the molecule is CC#CCC(NCC)c1cccc(OC(F)F)c1. The summed E-state index contributed by atoms with van der Waals surface area (Å²) in [4.78, 5) is 0. The van der Waals surface area contributed by atoms with Gasteiger partial charge in [-0.1, -0.05) is 19.1 Å². The molecule has 18 heavy (non-hydrogen) atoms. The topological polar surface area (TPSA) is 21.3 Å². The predicted molar refractivity (Wildman–Crippen MR) is 67.6 cm³/mol. The molecule has 0 saturated carbocycles. The van der Waals surface area contributed by atoms with Crippen molar-refractivity contribution in [2.45, 2.75) is 32.9 Å². The molecule has 0 amide bonds. The molecule has 0 spiro atoms. The van der Waals surface area contributed by atoms with Crippen LogP contribution >= 0.6 is 0 Å². The first-order valence-corrected chi connectivity index (χ1v) is 5.85.